The summed E-state index contributed by atoms with van der Waals surface area (Å²) < 4.78 is 5.95. The minimum Gasteiger partial charge on any atom is -0.489 e. The largest absolute Gasteiger partial charge is 0.489 e. The molecular formula is C18H29N3OS. The maximum atomic E-state index is 5.95. The first kappa shape index (κ1) is 18.0. The second-order valence-electron chi connectivity index (χ2n) is 6.21. The van der Waals surface area contributed by atoms with Crippen LogP contribution in [0, 0.1) is 6.92 Å². The molecule has 0 heterocycles. The summed E-state index contributed by atoms with van der Waals surface area (Å²) in [6.45, 7) is 4.87. The zero-order valence-electron chi connectivity index (χ0n) is 14.6. The van der Waals surface area contributed by atoms with Crippen LogP contribution in [0.15, 0.2) is 29.3 Å². The average Bonchev–Trinajstić information content (AvgIpc) is 2.99. The van der Waals surface area contributed by atoms with E-state index in [4.69, 9.17) is 4.74 Å². The molecule has 1 aliphatic carbocycles. The fourth-order valence-electron chi connectivity index (χ4n) is 2.88. The number of aliphatic imine (C=N–C) groups is 1. The third-order valence-corrected chi connectivity index (χ3v) is 5.26. The number of nitrogens with one attached hydrogen (secondary N) is 2. The summed E-state index contributed by atoms with van der Waals surface area (Å²) in [7, 11) is 1.82. The lowest BCUT2D eigenvalue weighted by Gasteiger charge is -2.20. The van der Waals surface area contributed by atoms with Gasteiger partial charge < -0.3 is 15.4 Å². The number of benzene rings is 1. The van der Waals surface area contributed by atoms with Crippen LogP contribution in [0.1, 0.15) is 31.7 Å². The molecule has 0 saturated heterocycles. The van der Waals surface area contributed by atoms with E-state index < -0.39 is 0 Å². The van der Waals surface area contributed by atoms with Gasteiger partial charge in [-0.25, -0.2) is 0 Å². The van der Waals surface area contributed by atoms with E-state index in [1.807, 2.05) is 30.9 Å². The van der Waals surface area contributed by atoms with Crippen LogP contribution in [0.25, 0.3) is 0 Å². The van der Waals surface area contributed by atoms with Gasteiger partial charge in [0.15, 0.2) is 5.96 Å². The topological polar surface area (TPSA) is 45.7 Å². The number of rotatable bonds is 6. The Morgan fingerprint density at radius 2 is 2.26 bits per heavy atom. The lowest BCUT2D eigenvalue weighted by molar-refractivity contribution is 0.223. The Morgan fingerprint density at radius 3 is 2.91 bits per heavy atom. The number of nitrogens with zero attached hydrogens (tertiary/aromatic N) is 1. The molecule has 2 rings (SSSR count). The maximum Gasteiger partial charge on any atom is 0.191 e. The van der Waals surface area contributed by atoms with Gasteiger partial charge in [-0.3, -0.25) is 4.99 Å². The summed E-state index contributed by atoms with van der Waals surface area (Å²) in [5, 5.41) is 7.69. The molecule has 1 saturated carbocycles. The number of thioether (sulfide) groups is 1. The predicted octanol–water partition coefficient (Wildman–Crippen LogP) is 3.21. The Morgan fingerprint density at radius 1 is 1.43 bits per heavy atom. The molecule has 0 amide bonds. The molecule has 1 aliphatic rings. The molecular weight excluding hydrogens is 306 g/mol. The zero-order valence-corrected chi connectivity index (χ0v) is 15.5. The van der Waals surface area contributed by atoms with E-state index in [-0.39, 0.29) is 6.10 Å². The fraction of sp³-hybridized carbons (Fsp3) is 0.611. The van der Waals surface area contributed by atoms with Crippen molar-refractivity contribution in [3.05, 3.63) is 29.8 Å². The van der Waals surface area contributed by atoms with Gasteiger partial charge in [0.05, 0.1) is 6.54 Å². The van der Waals surface area contributed by atoms with Crippen molar-refractivity contribution in [3.8, 4) is 5.75 Å². The molecule has 128 valence electrons. The molecule has 0 radical (unpaired) electrons. The zero-order chi connectivity index (χ0) is 16.7. The molecule has 1 aromatic carbocycles. The second kappa shape index (κ2) is 9.06. The first-order chi connectivity index (χ1) is 11.1. The monoisotopic (exact) mass is 335 g/mol. The molecule has 1 aromatic rings. The third kappa shape index (κ3) is 5.98. The van der Waals surface area contributed by atoms with Crippen LogP contribution in [0.4, 0.5) is 0 Å². The summed E-state index contributed by atoms with van der Waals surface area (Å²) in [4.78, 5) is 4.33. The normalized spacial score (nSPS) is 22.7. The SMILES string of the molecule is CN=C(NCC(C)Oc1cccc(C)c1)NC1CCC(SC)C1. The van der Waals surface area contributed by atoms with Crippen LogP contribution < -0.4 is 15.4 Å². The molecule has 5 heteroatoms. The summed E-state index contributed by atoms with van der Waals surface area (Å²) >= 11 is 1.97. The van der Waals surface area contributed by atoms with Gasteiger partial charge in [-0.05, 0) is 57.1 Å². The minimum atomic E-state index is 0.0814. The van der Waals surface area contributed by atoms with E-state index in [0.29, 0.717) is 6.04 Å². The van der Waals surface area contributed by atoms with Crippen molar-refractivity contribution in [1.29, 1.82) is 0 Å². The van der Waals surface area contributed by atoms with E-state index in [2.05, 4.69) is 47.9 Å². The molecule has 3 unspecified atom stereocenters. The quantitative estimate of drug-likeness (QED) is 0.619. The Hall–Kier alpha value is -1.36. The summed E-state index contributed by atoms with van der Waals surface area (Å²) in [5.74, 6) is 1.79. The van der Waals surface area contributed by atoms with E-state index in [1.165, 1.54) is 24.8 Å². The predicted molar refractivity (Wildman–Crippen MR) is 101 cm³/mol. The molecule has 0 aromatic heterocycles. The maximum absolute atomic E-state index is 5.95. The van der Waals surface area contributed by atoms with Gasteiger partial charge in [-0.15, -0.1) is 0 Å². The Bertz CT molecular complexity index is 521. The van der Waals surface area contributed by atoms with Crippen LogP contribution >= 0.6 is 11.8 Å². The van der Waals surface area contributed by atoms with Crippen LogP contribution in [-0.4, -0.2) is 43.2 Å². The van der Waals surface area contributed by atoms with Crippen molar-refractivity contribution in [2.24, 2.45) is 4.99 Å². The van der Waals surface area contributed by atoms with Crippen molar-refractivity contribution in [2.45, 2.75) is 50.5 Å². The summed E-state index contributed by atoms with van der Waals surface area (Å²) in [6.07, 6.45) is 6.02. The third-order valence-electron chi connectivity index (χ3n) is 4.17. The highest BCUT2D eigenvalue weighted by Gasteiger charge is 2.24. The van der Waals surface area contributed by atoms with Crippen LogP contribution in [-0.2, 0) is 0 Å². The van der Waals surface area contributed by atoms with Crippen molar-refractivity contribution >= 4 is 17.7 Å². The smallest absolute Gasteiger partial charge is 0.191 e. The summed E-state index contributed by atoms with van der Waals surface area (Å²) in [5.41, 5.74) is 1.21. The van der Waals surface area contributed by atoms with Crippen molar-refractivity contribution in [2.75, 3.05) is 19.8 Å². The number of aryl methyl sites for hydroxylation is 1. The van der Waals surface area contributed by atoms with Gasteiger partial charge in [-0.1, -0.05) is 12.1 Å². The van der Waals surface area contributed by atoms with E-state index in [1.54, 1.807) is 0 Å². The Labute approximate surface area is 144 Å². The van der Waals surface area contributed by atoms with Gasteiger partial charge in [-0.2, -0.15) is 11.8 Å². The molecule has 3 atom stereocenters. The number of guanidine groups is 1. The van der Waals surface area contributed by atoms with Crippen LogP contribution in [0.2, 0.25) is 0 Å². The standard InChI is InChI=1S/C18H29N3OS/c1-13-6-5-7-16(10-13)22-14(2)12-20-18(19-3)21-15-8-9-17(11-15)23-4/h5-7,10,14-15,17H,8-9,11-12H2,1-4H3,(H2,19,20,21). The van der Waals surface area contributed by atoms with Gasteiger partial charge in [0.25, 0.3) is 0 Å². The first-order valence-electron chi connectivity index (χ1n) is 8.34. The van der Waals surface area contributed by atoms with Gasteiger partial charge in [0, 0.05) is 18.3 Å². The highest BCUT2D eigenvalue weighted by atomic mass is 32.2. The molecule has 0 aliphatic heterocycles. The minimum absolute atomic E-state index is 0.0814. The second-order valence-corrected chi connectivity index (χ2v) is 7.35. The van der Waals surface area contributed by atoms with Crippen molar-refractivity contribution in [3.63, 3.8) is 0 Å². The molecule has 2 N–H and O–H groups in total. The average molecular weight is 336 g/mol. The Kier molecular flexibility index (Phi) is 7.09. The lowest BCUT2D eigenvalue weighted by Crippen LogP contribution is -2.45. The lowest BCUT2D eigenvalue weighted by atomic mass is 10.2. The highest BCUT2D eigenvalue weighted by Crippen LogP contribution is 2.27. The molecule has 23 heavy (non-hydrogen) atoms. The number of hydrogen-bond donors (Lipinski definition) is 2. The van der Waals surface area contributed by atoms with Crippen LogP contribution in [0.5, 0.6) is 5.75 Å². The van der Waals surface area contributed by atoms with Gasteiger partial charge in [0.1, 0.15) is 11.9 Å². The van der Waals surface area contributed by atoms with Crippen molar-refractivity contribution < 1.29 is 4.74 Å². The van der Waals surface area contributed by atoms with E-state index in [0.717, 1.165) is 23.5 Å². The van der Waals surface area contributed by atoms with Crippen molar-refractivity contribution in [1.82, 2.24) is 10.6 Å². The van der Waals surface area contributed by atoms with Gasteiger partial charge >= 0.3 is 0 Å². The molecule has 4 nitrogen and oxygen atoms in total. The van der Waals surface area contributed by atoms with Gasteiger partial charge in [0.2, 0.25) is 0 Å². The van der Waals surface area contributed by atoms with E-state index >= 15 is 0 Å². The molecule has 0 spiro atoms. The van der Waals surface area contributed by atoms with Crippen LogP contribution in [0.3, 0.4) is 0 Å². The molecule has 0 bridgehead atoms. The Balaban J connectivity index is 1.74. The summed E-state index contributed by atoms with van der Waals surface area (Å²) in [6, 6.07) is 8.69. The number of hydrogen-bond acceptors (Lipinski definition) is 3. The first-order valence-corrected chi connectivity index (χ1v) is 9.62. The van der Waals surface area contributed by atoms with E-state index in [9.17, 15) is 0 Å². The highest BCUT2D eigenvalue weighted by molar-refractivity contribution is 7.99. The fourth-order valence-corrected chi connectivity index (χ4v) is 3.67. The molecule has 1 fully saturated rings. The number of ether oxygens (including phenoxy) is 1.